The molecule has 0 aliphatic carbocycles. The van der Waals surface area contributed by atoms with Crippen molar-refractivity contribution in [3.05, 3.63) is 59.0 Å². The van der Waals surface area contributed by atoms with E-state index in [1.165, 1.54) is 6.26 Å². The number of carbonyl (C=O) groups is 1. The molecular formula is C24H25NO6. The maximum Gasteiger partial charge on any atom is 0.260 e. The van der Waals surface area contributed by atoms with Crippen LogP contribution in [0.15, 0.2) is 57.9 Å². The molecule has 4 rings (SSSR count). The van der Waals surface area contributed by atoms with Crippen molar-refractivity contribution in [3.8, 4) is 22.6 Å². The molecule has 7 nitrogen and oxygen atoms in total. The maximum atomic E-state index is 12.9. The van der Waals surface area contributed by atoms with E-state index in [1.807, 2.05) is 26.0 Å². The standard InChI is InChI=1S/C24H25NO6/c1-15-11-25(12-16(2)31-15)23(26)14-29-19-8-9-20-22(10-19)30-13-21(24(20)27)17-4-6-18(28-3)7-5-17/h4-10,13,15-16H,11-12,14H2,1-3H3/t15-,16-/m0/s1. The number of ether oxygens (including phenoxy) is 3. The summed E-state index contributed by atoms with van der Waals surface area (Å²) in [6.45, 7) is 4.91. The molecule has 3 aromatic rings. The van der Waals surface area contributed by atoms with Gasteiger partial charge in [0.05, 0.1) is 30.3 Å². The third-order valence-electron chi connectivity index (χ3n) is 5.28. The van der Waals surface area contributed by atoms with Gasteiger partial charge in [-0.2, -0.15) is 0 Å². The van der Waals surface area contributed by atoms with Gasteiger partial charge in [-0.3, -0.25) is 9.59 Å². The second-order valence-corrected chi connectivity index (χ2v) is 7.71. The number of amides is 1. The van der Waals surface area contributed by atoms with E-state index in [1.54, 1.807) is 42.3 Å². The van der Waals surface area contributed by atoms with Gasteiger partial charge in [0.1, 0.15) is 23.3 Å². The number of methoxy groups -OCH3 is 1. The zero-order valence-corrected chi connectivity index (χ0v) is 17.8. The van der Waals surface area contributed by atoms with E-state index in [9.17, 15) is 9.59 Å². The molecule has 2 aromatic carbocycles. The van der Waals surface area contributed by atoms with Crippen molar-refractivity contribution < 1.29 is 23.4 Å². The van der Waals surface area contributed by atoms with Crippen molar-refractivity contribution in [2.75, 3.05) is 26.8 Å². The minimum Gasteiger partial charge on any atom is -0.497 e. The summed E-state index contributed by atoms with van der Waals surface area (Å²) in [5.74, 6) is 1.08. The average molecular weight is 423 g/mol. The van der Waals surface area contributed by atoms with E-state index in [0.717, 1.165) is 5.56 Å². The fourth-order valence-electron chi connectivity index (χ4n) is 3.79. The van der Waals surface area contributed by atoms with Gasteiger partial charge in [-0.05, 0) is 43.7 Å². The van der Waals surface area contributed by atoms with Crippen molar-refractivity contribution >= 4 is 16.9 Å². The number of rotatable bonds is 5. The number of benzene rings is 2. The molecule has 0 unspecified atom stereocenters. The first-order valence-corrected chi connectivity index (χ1v) is 10.2. The van der Waals surface area contributed by atoms with E-state index in [4.69, 9.17) is 18.6 Å². The van der Waals surface area contributed by atoms with Crippen LogP contribution in [0.1, 0.15) is 13.8 Å². The number of carbonyl (C=O) groups excluding carboxylic acids is 1. The molecule has 31 heavy (non-hydrogen) atoms. The largest absolute Gasteiger partial charge is 0.497 e. The first-order chi connectivity index (χ1) is 14.9. The Bertz CT molecular complexity index is 1130. The molecule has 162 valence electrons. The smallest absolute Gasteiger partial charge is 0.260 e. The normalized spacial score (nSPS) is 18.7. The van der Waals surface area contributed by atoms with Crippen molar-refractivity contribution in [2.45, 2.75) is 26.1 Å². The third kappa shape index (κ3) is 4.56. The van der Waals surface area contributed by atoms with E-state index in [-0.39, 0.29) is 30.2 Å². The van der Waals surface area contributed by atoms with E-state index < -0.39 is 0 Å². The maximum absolute atomic E-state index is 12.9. The van der Waals surface area contributed by atoms with Crippen molar-refractivity contribution in [1.29, 1.82) is 0 Å². The molecule has 1 aromatic heterocycles. The lowest BCUT2D eigenvalue weighted by Crippen LogP contribution is -2.49. The Kier molecular flexibility index (Phi) is 5.95. The van der Waals surface area contributed by atoms with Crippen molar-refractivity contribution in [2.24, 2.45) is 0 Å². The van der Waals surface area contributed by atoms with Gasteiger partial charge in [-0.1, -0.05) is 12.1 Å². The predicted molar refractivity (Wildman–Crippen MR) is 117 cm³/mol. The molecule has 7 heteroatoms. The monoisotopic (exact) mass is 423 g/mol. The molecule has 0 radical (unpaired) electrons. The Balaban J connectivity index is 1.49. The Morgan fingerprint density at radius 2 is 1.74 bits per heavy atom. The van der Waals surface area contributed by atoms with Crippen LogP contribution in [0.5, 0.6) is 11.5 Å². The summed E-state index contributed by atoms with van der Waals surface area (Å²) in [5, 5.41) is 0.447. The highest BCUT2D eigenvalue weighted by Gasteiger charge is 2.26. The molecule has 0 saturated carbocycles. The number of nitrogens with zero attached hydrogens (tertiary/aromatic N) is 1. The molecule has 1 aliphatic heterocycles. The van der Waals surface area contributed by atoms with E-state index in [2.05, 4.69) is 0 Å². The van der Waals surface area contributed by atoms with E-state index in [0.29, 0.717) is 41.1 Å². The lowest BCUT2D eigenvalue weighted by atomic mass is 10.1. The highest BCUT2D eigenvalue weighted by Crippen LogP contribution is 2.24. The van der Waals surface area contributed by atoms with Crippen LogP contribution in [0, 0.1) is 0 Å². The molecule has 1 fully saturated rings. The molecule has 2 atom stereocenters. The van der Waals surface area contributed by atoms with Gasteiger partial charge in [0, 0.05) is 19.2 Å². The zero-order chi connectivity index (χ0) is 22.0. The number of hydrogen-bond donors (Lipinski definition) is 0. The molecular weight excluding hydrogens is 398 g/mol. The lowest BCUT2D eigenvalue weighted by molar-refractivity contribution is -0.145. The summed E-state index contributed by atoms with van der Waals surface area (Å²) in [4.78, 5) is 27.2. The van der Waals surface area contributed by atoms with Crippen LogP contribution >= 0.6 is 0 Å². The number of fused-ring (bicyclic) bond motifs is 1. The van der Waals surface area contributed by atoms with Gasteiger partial charge in [-0.15, -0.1) is 0 Å². The van der Waals surface area contributed by atoms with Crippen LogP contribution in [0.2, 0.25) is 0 Å². The zero-order valence-electron chi connectivity index (χ0n) is 17.8. The minimum absolute atomic E-state index is 0.00235. The summed E-state index contributed by atoms with van der Waals surface area (Å²) in [6, 6.07) is 12.2. The minimum atomic E-state index is -0.134. The summed E-state index contributed by atoms with van der Waals surface area (Å²) in [6.07, 6.45) is 1.45. The van der Waals surface area contributed by atoms with E-state index >= 15 is 0 Å². The molecule has 2 heterocycles. The molecule has 0 bridgehead atoms. The summed E-state index contributed by atoms with van der Waals surface area (Å²) >= 11 is 0. The van der Waals surface area contributed by atoms with Gasteiger partial charge in [-0.25, -0.2) is 0 Å². The fraction of sp³-hybridized carbons (Fsp3) is 0.333. The first-order valence-electron chi connectivity index (χ1n) is 10.2. The van der Waals surface area contributed by atoms with Crippen LogP contribution in [0.3, 0.4) is 0 Å². The van der Waals surface area contributed by atoms with Crippen molar-refractivity contribution in [1.82, 2.24) is 4.90 Å². The third-order valence-corrected chi connectivity index (χ3v) is 5.28. The SMILES string of the molecule is COc1ccc(-c2coc3cc(OCC(=O)N4C[C@H](C)O[C@@H](C)C4)ccc3c2=O)cc1. The summed E-state index contributed by atoms with van der Waals surface area (Å²) in [7, 11) is 1.59. The lowest BCUT2D eigenvalue weighted by Gasteiger charge is -2.35. The van der Waals surface area contributed by atoms with Gasteiger partial charge >= 0.3 is 0 Å². The molecule has 0 N–H and O–H groups in total. The quantitative estimate of drug-likeness (QED) is 0.625. The van der Waals surface area contributed by atoms with Crippen LogP contribution in [-0.4, -0.2) is 49.8 Å². The number of hydrogen-bond acceptors (Lipinski definition) is 6. The molecule has 1 saturated heterocycles. The topological polar surface area (TPSA) is 78.2 Å². The highest BCUT2D eigenvalue weighted by atomic mass is 16.5. The molecule has 1 amide bonds. The van der Waals surface area contributed by atoms with Crippen LogP contribution in [-0.2, 0) is 9.53 Å². The second kappa shape index (κ2) is 8.81. The Morgan fingerprint density at radius 1 is 1.06 bits per heavy atom. The highest BCUT2D eigenvalue weighted by molar-refractivity contribution is 5.83. The Hall–Kier alpha value is -3.32. The Morgan fingerprint density at radius 3 is 2.42 bits per heavy atom. The van der Waals surface area contributed by atoms with Gasteiger partial charge < -0.3 is 23.5 Å². The van der Waals surface area contributed by atoms with Crippen LogP contribution < -0.4 is 14.9 Å². The van der Waals surface area contributed by atoms with Crippen molar-refractivity contribution in [3.63, 3.8) is 0 Å². The summed E-state index contributed by atoms with van der Waals surface area (Å²) in [5.41, 5.74) is 1.48. The van der Waals surface area contributed by atoms with Gasteiger partial charge in [0.15, 0.2) is 12.0 Å². The van der Waals surface area contributed by atoms with Gasteiger partial charge in [0.2, 0.25) is 0 Å². The van der Waals surface area contributed by atoms with Crippen LogP contribution in [0.25, 0.3) is 22.1 Å². The number of morpholine rings is 1. The fourth-order valence-corrected chi connectivity index (χ4v) is 3.79. The first kappa shape index (κ1) is 20.9. The van der Waals surface area contributed by atoms with Gasteiger partial charge in [0.25, 0.3) is 5.91 Å². The predicted octanol–water partition coefficient (Wildman–Crippen LogP) is 3.48. The summed E-state index contributed by atoms with van der Waals surface area (Å²) < 4.78 is 22.2. The Labute approximate surface area is 180 Å². The van der Waals surface area contributed by atoms with Crippen LogP contribution in [0.4, 0.5) is 0 Å². The average Bonchev–Trinajstić information content (AvgIpc) is 2.77. The molecule has 1 aliphatic rings. The molecule has 0 spiro atoms. The second-order valence-electron chi connectivity index (χ2n) is 7.71.